The van der Waals surface area contributed by atoms with Crippen LogP contribution in [-0.2, 0) is 6.54 Å². The number of aromatic nitrogens is 3. The highest BCUT2D eigenvalue weighted by molar-refractivity contribution is 4.77. The molecule has 1 aromatic rings. The van der Waals surface area contributed by atoms with E-state index in [1.54, 1.807) is 0 Å². The zero-order valence-electron chi connectivity index (χ0n) is 6.62. The van der Waals surface area contributed by atoms with E-state index in [0.717, 1.165) is 6.33 Å². The molecule has 1 rings (SSSR count). The Morgan fingerprint density at radius 1 is 1.50 bits per heavy atom. The quantitative estimate of drug-likeness (QED) is 0.539. The molecule has 3 N–H and O–H groups in total. The predicted molar refractivity (Wildman–Crippen MR) is 36.1 cm³/mol. The number of alkyl halides is 3. The van der Waals surface area contributed by atoms with Crippen LogP contribution >= 0.6 is 0 Å². The average molecular weight is 213 g/mol. The maximum Gasteiger partial charge on any atom is 0.444 e. The lowest BCUT2D eigenvalue weighted by Gasteiger charge is -2.23. The minimum absolute atomic E-state index is 0.396. The van der Waals surface area contributed by atoms with Gasteiger partial charge in [-0.05, 0) is 0 Å². The highest BCUT2D eigenvalue weighted by Gasteiger charge is 2.53. The zero-order chi connectivity index (χ0) is 11.0. The van der Waals surface area contributed by atoms with Crippen molar-refractivity contribution < 1.29 is 23.4 Å². The van der Waals surface area contributed by atoms with E-state index in [0.29, 0.717) is 4.57 Å². The third-order valence-electron chi connectivity index (χ3n) is 1.46. The summed E-state index contributed by atoms with van der Waals surface area (Å²) in [4.78, 5) is 10.7. The van der Waals surface area contributed by atoms with Gasteiger partial charge in [0.05, 0.1) is 6.54 Å². The van der Waals surface area contributed by atoms with Gasteiger partial charge in [0, 0.05) is 0 Å². The molecule has 80 valence electrons. The number of nitrogens with zero attached hydrogens (tertiary/aromatic N) is 2. The third-order valence-corrected chi connectivity index (χ3v) is 1.46. The minimum Gasteiger partial charge on any atom is -0.357 e. The van der Waals surface area contributed by atoms with Crippen molar-refractivity contribution in [2.45, 2.75) is 18.5 Å². The average Bonchev–Trinajstić information content (AvgIpc) is 2.33. The Labute approximate surface area is 74.6 Å². The fraction of sp³-hybridized carbons (Fsp3) is 0.600. The Kier molecular flexibility index (Phi) is 2.37. The molecule has 0 aliphatic rings. The van der Waals surface area contributed by atoms with Crippen molar-refractivity contribution in [1.82, 2.24) is 14.8 Å². The molecule has 0 aliphatic heterocycles. The van der Waals surface area contributed by atoms with Gasteiger partial charge in [0.1, 0.15) is 6.33 Å². The first-order valence-electron chi connectivity index (χ1n) is 3.35. The standard InChI is InChI=1S/C5H6F3N3O3/c6-5(7,8)4(13,14)1-11-2-9-10-3(11)12/h2,13-14H,1H2,(H,10,12). The van der Waals surface area contributed by atoms with Gasteiger partial charge < -0.3 is 10.2 Å². The highest BCUT2D eigenvalue weighted by atomic mass is 19.4. The molecule has 0 radical (unpaired) electrons. The molecule has 0 unspecified atom stereocenters. The van der Waals surface area contributed by atoms with Crippen molar-refractivity contribution in [3.8, 4) is 0 Å². The van der Waals surface area contributed by atoms with Crippen LogP contribution in [0.3, 0.4) is 0 Å². The van der Waals surface area contributed by atoms with Gasteiger partial charge >= 0.3 is 11.9 Å². The molecular weight excluding hydrogens is 207 g/mol. The second kappa shape index (κ2) is 3.10. The molecule has 0 aliphatic carbocycles. The Balaban J connectivity index is 2.89. The first-order valence-corrected chi connectivity index (χ1v) is 3.35. The summed E-state index contributed by atoms with van der Waals surface area (Å²) in [6.45, 7) is -1.33. The van der Waals surface area contributed by atoms with Gasteiger partial charge in [-0.2, -0.15) is 18.3 Å². The van der Waals surface area contributed by atoms with Crippen LogP contribution in [0.15, 0.2) is 11.1 Å². The van der Waals surface area contributed by atoms with E-state index < -0.39 is 24.2 Å². The van der Waals surface area contributed by atoms with E-state index in [1.807, 2.05) is 5.10 Å². The molecule has 9 heteroatoms. The Morgan fingerprint density at radius 2 is 2.07 bits per heavy atom. The summed E-state index contributed by atoms with van der Waals surface area (Å²) >= 11 is 0. The van der Waals surface area contributed by atoms with Crippen molar-refractivity contribution in [1.29, 1.82) is 0 Å². The lowest BCUT2D eigenvalue weighted by molar-refractivity contribution is -0.353. The maximum atomic E-state index is 11.9. The molecule has 0 fully saturated rings. The van der Waals surface area contributed by atoms with Crippen molar-refractivity contribution >= 4 is 0 Å². The van der Waals surface area contributed by atoms with E-state index in [2.05, 4.69) is 5.10 Å². The monoisotopic (exact) mass is 213 g/mol. The third kappa shape index (κ3) is 1.93. The second-order valence-corrected chi connectivity index (χ2v) is 2.60. The molecule has 0 saturated carbocycles. The van der Waals surface area contributed by atoms with Crippen LogP contribution in [0.25, 0.3) is 0 Å². The van der Waals surface area contributed by atoms with Gasteiger partial charge in [0.15, 0.2) is 0 Å². The lowest BCUT2D eigenvalue weighted by atomic mass is 10.3. The number of hydrogen-bond acceptors (Lipinski definition) is 4. The van der Waals surface area contributed by atoms with Crippen LogP contribution in [0, 0.1) is 0 Å². The van der Waals surface area contributed by atoms with Gasteiger partial charge in [-0.1, -0.05) is 0 Å². The molecule has 0 aromatic carbocycles. The number of rotatable bonds is 2. The molecule has 0 spiro atoms. The number of hydrogen-bond donors (Lipinski definition) is 3. The van der Waals surface area contributed by atoms with Crippen molar-refractivity contribution in [2.75, 3.05) is 0 Å². The molecule has 1 aromatic heterocycles. The zero-order valence-corrected chi connectivity index (χ0v) is 6.62. The summed E-state index contributed by atoms with van der Waals surface area (Å²) in [7, 11) is 0. The van der Waals surface area contributed by atoms with Crippen LogP contribution in [0.2, 0.25) is 0 Å². The molecule has 1 heterocycles. The van der Waals surface area contributed by atoms with E-state index in [1.165, 1.54) is 0 Å². The Bertz CT molecular complexity index is 366. The van der Waals surface area contributed by atoms with E-state index >= 15 is 0 Å². The summed E-state index contributed by atoms with van der Waals surface area (Å²) in [6.07, 6.45) is -4.50. The van der Waals surface area contributed by atoms with Gasteiger partial charge in [-0.3, -0.25) is 4.57 Å². The molecule has 0 atom stereocenters. The van der Waals surface area contributed by atoms with Crippen LogP contribution < -0.4 is 5.69 Å². The first-order chi connectivity index (χ1) is 6.24. The molecule has 14 heavy (non-hydrogen) atoms. The lowest BCUT2D eigenvalue weighted by Crippen LogP contribution is -2.49. The summed E-state index contributed by atoms with van der Waals surface area (Å²) in [5.74, 6) is -3.94. The van der Waals surface area contributed by atoms with Crippen LogP contribution in [0.5, 0.6) is 0 Å². The maximum absolute atomic E-state index is 11.9. The summed E-state index contributed by atoms with van der Waals surface area (Å²) < 4.78 is 36.1. The number of aromatic amines is 1. The number of H-pyrrole nitrogens is 1. The van der Waals surface area contributed by atoms with Crippen molar-refractivity contribution in [3.63, 3.8) is 0 Å². The van der Waals surface area contributed by atoms with Gasteiger partial charge in [-0.25, -0.2) is 9.89 Å². The summed E-state index contributed by atoms with van der Waals surface area (Å²) in [6, 6.07) is 0. The second-order valence-electron chi connectivity index (χ2n) is 2.60. The van der Waals surface area contributed by atoms with Crippen LogP contribution in [0.1, 0.15) is 0 Å². The fourth-order valence-electron chi connectivity index (χ4n) is 0.710. The molecule has 0 bridgehead atoms. The normalized spacial score (nSPS) is 13.2. The predicted octanol–water partition coefficient (Wildman–Crippen LogP) is -1.19. The smallest absolute Gasteiger partial charge is 0.357 e. The summed E-state index contributed by atoms with van der Waals surface area (Å²) in [5, 5.41) is 22.1. The topological polar surface area (TPSA) is 91.1 Å². The van der Waals surface area contributed by atoms with Crippen LogP contribution in [0.4, 0.5) is 13.2 Å². The van der Waals surface area contributed by atoms with Gasteiger partial charge in [0.25, 0.3) is 5.79 Å². The first kappa shape index (κ1) is 10.7. The number of nitrogens with one attached hydrogen (secondary N) is 1. The van der Waals surface area contributed by atoms with Gasteiger partial charge in [0.2, 0.25) is 0 Å². The largest absolute Gasteiger partial charge is 0.444 e. The van der Waals surface area contributed by atoms with Gasteiger partial charge in [-0.15, -0.1) is 0 Å². The SMILES string of the molecule is O=c1[nH]ncn1CC(O)(O)C(F)(F)F. The van der Waals surface area contributed by atoms with Crippen LogP contribution in [-0.4, -0.2) is 36.9 Å². The molecule has 6 nitrogen and oxygen atoms in total. The minimum atomic E-state index is -5.23. The molecule has 0 saturated heterocycles. The Hall–Kier alpha value is -1.35. The van der Waals surface area contributed by atoms with Crippen molar-refractivity contribution in [3.05, 3.63) is 16.8 Å². The molecular formula is C5H6F3N3O3. The van der Waals surface area contributed by atoms with E-state index in [-0.39, 0.29) is 0 Å². The highest BCUT2D eigenvalue weighted by Crippen LogP contribution is 2.28. The fourth-order valence-corrected chi connectivity index (χ4v) is 0.710. The summed E-state index contributed by atoms with van der Waals surface area (Å²) in [5.41, 5.74) is -0.957. The van der Waals surface area contributed by atoms with E-state index in [9.17, 15) is 18.0 Å². The number of halogens is 3. The Morgan fingerprint density at radius 3 is 2.43 bits per heavy atom. The number of aliphatic hydroxyl groups is 2. The molecule has 0 amide bonds. The van der Waals surface area contributed by atoms with E-state index in [4.69, 9.17) is 10.2 Å². The van der Waals surface area contributed by atoms with Crippen molar-refractivity contribution in [2.24, 2.45) is 0 Å².